The fourth-order valence-corrected chi connectivity index (χ4v) is 9.70. The van der Waals surface area contributed by atoms with Crippen molar-refractivity contribution in [1.82, 2.24) is 0 Å². The molecule has 1 fully saturated rings. The van der Waals surface area contributed by atoms with Gasteiger partial charge in [-0.3, -0.25) is 0 Å². The predicted octanol–water partition coefficient (Wildman–Crippen LogP) is 7.96. The summed E-state index contributed by atoms with van der Waals surface area (Å²) in [5.74, 6) is 0. The first kappa shape index (κ1) is 30.6. The second-order valence-corrected chi connectivity index (χ2v) is 18.7. The van der Waals surface area contributed by atoms with Crippen LogP contribution in [0.5, 0.6) is 0 Å². The molecule has 0 radical (unpaired) electrons. The fourth-order valence-electron chi connectivity index (χ4n) is 4.39. The van der Waals surface area contributed by atoms with Crippen molar-refractivity contribution in [1.29, 1.82) is 0 Å². The Morgan fingerprint density at radius 2 is 0.500 bits per heavy atom. The zero-order valence-electron chi connectivity index (χ0n) is 23.2. The topological polar surface area (TPSA) is 0 Å². The molecular formula is C38H33ClIrP2. The van der Waals surface area contributed by atoms with Gasteiger partial charge < -0.3 is 0 Å². The van der Waals surface area contributed by atoms with Crippen LogP contribution in [0.2, 0.25) is 4.93 Å². The Labute approximate surface area is 266 Å². The minimum Gasteiger partial charge on any atom is -0.0622 e. The van der Waals surface area contributed by atoms with Crippen molar-refractivity contribution < 1.29 is 17.7 Å². The van der Waals surface area contributed by atoms with Crippen LogP contribution in [0.3, 0.4) is 0 Å². The second kappa shape index (κ2) is 16.7. The van der Waals surface area contributed by atoms with Crippen molar-refractivity contribution in [3.05, 3.63) is 182 Å². The van der Waals surface area contributed by atoms with Crippen LogP contribution in [0.4, 0.5) is 0 Å². The molecule has 0 bridgehead atoms. The molecule has 0 N–H and O–H groups in total. The van der Waals surface area contributed by atoms with Crippen LogP contribution < -0.4 is 31.8 Å². The van der Waals surface area contributed by atoms with E-state index in [2.05, 4.69) is 182 Å². The van der Waals surface area contributed by atoms with Crippen LogP contribution in [0.15, 0.2) is 182 Å². The van der Waals surface area contributed by atoms with Gasteiger partial charge >= 0.3 is 38.1 Å². The maximum atomic E-state index is 5.44. The largest absolute Gasteiger partial charge is 0.0622 e. The summed E-state index contributed by atoms with van der Waals surface area (Å²) in [6, 6.07) is 64.7. The first-order chi connectivity index (χ1) is 20.8. The Kier molecular flexibility index (Phi) is 12.1. The van der Waals surface area contributed by atoms with Crippen molar-refractivity contribution in [2.24, 2.45) is 0 Å². The van der Waals surface area contributed by atoms with Crippen molar-refractivity contribution in [2.45, 2.75) is 8.83 Å². The third-order valence-electron chi connectivity index (χ3n) is 6.33. The van der Waals surface area contributed by atoms with Crippen molar-refractivity contribution in [2.75, 3.05) is 0 Å². The Bertz CT molecular complexity index is 1260. The summed E-state index contributed by atoms with van der Waals surface area (Å²) in [6.45, 7) is 0. The van der Waals surface area contributed by atoms with E-state index in [0.29, 0.717) is 21.6 Å². The molecule has 1 heterocycles. The van der Waals surface area contributed by atoms with E-state index in [4.69, 9.17) is 11.6 Å². The van der Waals surface area contributed by atoms with Crippen LogP contribution in [0.25, 0.3) is 0 Å². The average molecular weight is 779 g/mol. The van der Waals surface area contributed by atoms with Gasteiger partial charge in [0.15, 0.2) is 0 Å². The standard InChI is InChI=1S/2C18H15P.C2H3Cl.Ir/c2*1-4-10-16(11-5-1)19(17-12-6-2-7-13-17)18-14-8-3-9-15-18;1-2-3;/h2*1-15H;2H,1H2;. The molecule has 0 spiro atoms. The summed E-state index contributed by atoms with van der Waals surface area (Å²) in [7, 11) is -0.892. The number of hydrogen-bond donors (Lipinski definition) is 0. The Hall–Kier alpha value is -2.88. The molecule has 0 nitrogen and oxygen atoms in total. The smallest absolute Gasteiger partial charge is 0.0134 e. The maximum absolute atomic E-state index is 5.44. The number of halogens is 1. The summed E-state index contributed by atoms with van der Waals surface area (Å²) < 4.78 is 0.681. The Morgan fingerprint density at radius 3 is 0.619 bits per heavy atom. The molecule has 42 heavy (non-hydrogen) atoms. The van der Waals surface area contributed by atoms with Gasteiger partial charge in [0.25, 0.3) is 0 Å². The van der Waals surface area contributed by atoms with E-state index in [9.17, 15) is 0 Å². The van der Waals surface area contributed by atoms with Gasteiger partial charge in [-0.15, -0.1) is 0 Å². The number of hydrogen-bond acceptors (Lipinski definition) is 0. The first-order valence-electron chi connectivity index (χ1n) is 13.9. The summed E-state index contributed by atoms with van der Waals surface area (Å²) >= 11 is 5.89. The third kappa shape index (κ3) is 9.31. The molecule has 0 aromatic heterocycles. The molecule has 0 saturated carbocycles. The first-order valence-corrected chi connectivity index (χ1v) is 20.1. The zero-order valence-corrected chi connectivity index (χ0v) is 28.2. The number of alkyl halides is 1. The van der Waals surface area contributed by atoms with Gasteiger partial charge in [0.1, 0.15) is 0 Å². The SMILES string of the molecule is Cl[CH]1[CH2][Ir]1.c1ccc(P(c2ccccc2)c2ccccc2)cc1.c1ccc(P(c2ccccc2)c2ccccc2)cc1. The molecule has 6 aromatic carbocycles. The van der Waals surface area contributed by atoms with Crippen LogP contribution in [-0.4, -0.2) is 3.89 Å². The van der Waals surface area contributed by atoms with Crippen LogP contribution >= 0.6 is 27.4 Å². The third-order valence-corrected chi connectivity index (χ3v) is 14.6. The van der Waals surface area contributed by atoms with Crippen molar-refractivity contribution >= 4 is 59.3 Å². The molecule has 0 aliphatic carbocycles. The van der Waals surface area contributed by atoms with Gasteiger partial charge in [0, 0.05) is 0 Å². The van der Waals surface area contributed by atoms with E-state index >= 15 is 0 Å². The van der Waals surface area contributed by atoms with E-state index in [-0.39, 0.29) is 0 Å². The molecule has 1 atom stereocenters. The van der Waals surface area contributed by atoms with Gasteiger partial charge in [-0.1, -0.05) is 182 Å². The summed E-state index contributed by atoms with van der Waals surface area (Å²) in [6.07, 6.45) is 0. The summed E-state index contributed by atoms with van der Waals surface area (Å²) in [5, 5.41) is 8.39. The van der Waals surface area contributed by atoms with Gasteiger partial charge in [0.05, 0.1) is 0 Å². The molecular weight excluding hydrogens is 746 g/mol. The minimum absolute atomic E-state index is 0.446. The molecule has 1 aliphatic rings. The van der Waals surface area contributed by atoms with E-state index in [1.165, 1.54) is 36.8 Å². The molecule has 7 rings (SSSR count). The maximum Gasteiger partial charge on any atom is -0.0134 e. The van der Waals surface area contributed by atoms with E-state index < -0.39 is 15.8 Å². The second-order valence-electron chi connectivity index (χ2n) is 9.32. The quantitative estimate of drug-likeness (QED) is 0.119. The molecule has 1 unspecified atom stereocenters. The fraction of sp³-hybridized carbons (Fsp3) is 0.0526. The predicted molar refractivity (Wildman–Crippen MR) is 185 cm³/mol. The van der Waals surface area contributed by atoms with Gasteiger partial charge in [-0.05, 0) is 47.7 Å². The zero-order chi connectivity index (χ0) is 28.8. The number of benzene rings is 6. The van der Waals surface area contributed by atoms with Gasteiger partial charge in [0.2, 0.25) is 0 Å². The summed E-state index contributed by atoms with van der Waals surface area (Å²) in [4.78, 5) is 1.38. The Morgan fingerprint density at radius 1 is 0.357 bits per heavy atom. The van der Waals surface area contributed by atoms with E-state index in [1.807, 2.05) is 0 Å². The van der Waals surface area contributed by atoms with Crippen molar-refractivity contribution in [3.8, 4) is 0 Å². The van der Waals surface area contributed by atoms with Gasteiger partial charge in [-0.2, -0.15) is 0 Å². The molecule has 211 valence electrons. The molecule has 1 saturated heterocycles. The van der Waals surface area contributed by atoms with Crippen LogP contribution in [-0.2, 0) is 17.7 Å². The van der Waals surface area contributed by atoms with E-state index in [1.54, 1.807) is 0 Å². The molecule has 1 aliphatic heterocycles. The monoisotopic (exact) mass is 779 g/mol. The van der Waals surface area contributed by atoms with Crippen LogP contribution in [0.1, 0.15) is 0 Å². The molecule has 6 aromatic rings. The number of rotatable bonds is 6. The van der Waals surface area contributed by atoms with Crippen molar-refractivity contribution in [3.63, 3.8) is 0 Å². The average Bonchev–Trinajstić information content (AvgIpc) is 3.87. The summed E-state index contributed by atoms with van der Waals surface area (Å²) in [5.41, 5.74) is 0. The normalized spacial score (nSPS) is 13.5. The van der Waals surface area contributed by atoms with E-state index in [0.717, 1.165) is 0 Å². The Balaban J connectivity index is 0.000000148. The minimum atomic E-state index is -0.446. The van der Waals surface area contributed by atoms with Gasteiger partial charge in [-0.25, -0.2) is 0 Å². The van der Waals surface area contributed by atoms with Crippen LogP contribution in [0, 0.1) is 0 Å². The molecule has 0 amide bonds. The molecule has 4 heteroatoms.